The molecular formula is C22H26ClN3O2S. The Morgan fingerprint density at radius 3 is 2.66 bits per heavy atom. The third-order valence-corrected chi connectivity index (χ3v) is 6.82. The number of rotatable bonds is 7. The van der Waals surface area contributed by atoms with E-state index in [0.29, 0.717) is 24.4 Å². The minimum atomic E-state index is -0.345. The van der Waals surface area contributed by atoms with Gasteiger partial charge in [-0.25, -0.2) is 0 Å². The number of piperidine rings is 1. The van der Waals surface area contributed by atoms with Crippen LogP contribution < -0.4 is 4.90 Å². The number of aromatic nitrogens is 1. The van der Waals surface area contributed by atoms with Crippen molar-refractivity contribution in [2.75, 3.05) is 37.3 Å². The molecule has 1 aromatic heterocycles. The second-order valence-corrected chi connectivity index (χ2v) is 9.06. The summed E-state index contributed by atoms with van der Waals surface area (Å²) in [4.78, 5) is 10.2. The molecule has 2 heterocycles. The molecule has 1 atom stereocenters. The number of para-hydroxylation sites is 2. The number of nitrogens with zero attached hydrogens (tertiary/aromatic N) is 3. The average molecular weight is 432 g/mol. The monoisotopic (exact) mass is 431 g/mol. The number of halogens is 1. The van der Waals surface area contributed by atoms with E-state index in [1.165, 1.54) is 0 Å². The molecular weight excluding hydrogens is 406 g/mol. The number of benzene rings is 2. The Labute approximate surface area is 180 Å². The Morgan fingerprint density at radius 1 is 1.21 bits per heavy atom. The van der Waals surface area contributed by atoms with Crippen LogP contribution in [-0.4, -0.2) is 59.6 Å². The van der Waals surface area contributed by atoms with E-state index in [9.17, 15) is 5.11 Å². The second-order valence-electron chi connectivity index (χ2n) is 7.53. The topological polar surface area (TPSA) is 52.7 Å². The second kappa shape index (κ2) is 9.39. The van der Waals surface area contributed by atoms with Gasteiger partial charge in [0.1, 0.15) is 5.52 Å². The molecule has 1 aliphatic rings. The zero-order valence-corrected chi connectivity index (χ0v) is 18.1. The van der Waals surface area contributed by atoms with Crippen molar-refractivity contribution in [3.05, 3.63) is 53.6 Å². The summed E-state index contributed by atoms with van der Waals surface area (Å²) in [5, 5.41) is 11.2. The van der Waals surface area contributed by atoms with Gasteiger partial charge in [0.25, 0.3) is 6.01 Å². The highest BCUT2D eigenvalue weighted by atomic mass is 35.5. The van der Waals surface area contributed by atoms with Crippen LogP contribution in [0, 0.1) is 0 Å². The van der Waals surface area contributed by atoms with Crippen LogP contribution in [0.4, 0.5) is 6.01 Å². The van der Waals surface area contributed by atoms with Crippen LogP contribution in [0.25, 0.3) is 11.1 Å². The first-order valence-corrected chi connectivity index (χ1v) is 11.3. The number of thioether (sulfide) groups is 1. The molecule has 0 saturated carbocycles. The third-order valence-electron chi connectivity index (χ3n) is 5.41. The summed E-state index contributed by atoms with van der Waals surface area (Å²) in [5.74, 6) is 0.685. The van der Waals surface area contributed by atoms with Gasteiger partial charge in [0, 0.05) is 48.4 Å². The van der Waals surface area contributed by atoms with Gasteiger partial charge in [-0.15, -0.1) is 11.8 Å². The van der Waals surface area contributed by atoms with Gasteiger partial charge in [0.2, 0.25) is 0 Å². The van der Waals surface area contributed by atoms with Crippen molar-refractivity contribution < 1.29 is 9.52 Å². The van der Waals surface area contributed by atoms with E-state index in [1.54, 1.807) is 11.8 Å². The summed E-state index contributed by atoms with van der Waals surface area (Å²) in [6.45, 7) is 2.65. The van der Waals surface area contributed by atoms with Gasteiger partial charge in [-0.1, -0.05) is 23.7 Å². The van der Waals surface area contributed by atoms with E-state index in [2.05, 4.69) is 21.8 Å². The Bertz CT molecular complexity index is 892. The molecule has 0 amide bonds. The smallest absolute Gasteiger partial charge is 0.298 e. The molecule has 29 heavy (non-hydrogen) atoms. The van der Waals surface area contributed by atoms with E-state index < -0.39 is 0 Å². The summed E-state index contributed by atoms with van der Waals surface area (Å²) >= 11 is 7.58. The Morgan fingerprint density at radius 2 is 1.93 bits per heavy atom. The Hall–Kier alpha value is -1.73. The van der Waals surface area contributed by atoms with Gasteiger partial charge in [-0.2, -0.15) is 4.98 Å². The lowest BCUT2D eigenvalue weighted by atomic mass is 10.0. The number of aliphatic hydroxyl groups excluding tert-OH is 1. The van der Waals surface area contributed by atoms with E-state index in [-0.39, 0.29) is 6.10 Å². The highest BCUT2D eigenvalue weighted by Gasteiger charge is 2.26. The number of fused-ring (bicyclic) bond motifs is 1. The molecule has 5 nitrogen and oxygen atoms in total. The number of hydrogen-bond donors (Lipinski definition) is 1. The van der Waals surface area contributed by atoms with Crippen molar-refractivity contribution in [3.63, 3.8) is 0 Å². The number of hydrogen-bond acceptors (Lipinski definition) is 6. The number of β-amino-alcohol motifs (C(OH)–C–C–N with tert-alkyl or cyclic N) is 1. The number of anilines is 1. The molecule has 2 aromatic carbocycles. The van der Waals surface area contributed by atoms with E-state index in [4.69, 9.17) is 16.0 Å². The molecule has 0 spiro atoms. The fraction of sp³-hybridized carbons (Fsp3) is 0.409. The summed E-state index contributed by atoms with van der Waals surface area (Å²) in [6, 6.07) is 16.7. The maximum atomic E-state index is 10.4. The minimum absolute atomic E-state index is 0.345. The first-order valence-electron chi connectivity index (χ1n) is 9.95. The van der Waals surface area contributed by atoms with Crippen molar-refractivity contribution >= 4 is 40.5 Å². The minimum Gasteiger partial charge on any atom is -0.423 e. The quantitative estimate of drug-likeness (QED) is 0.554. The van der Waals surface area contributed by atoms with Gasteiger partial charge in [0.15, 0.2) is 5.58 Å². The molecule has 3 aromatic rings. The molecule has 1 N–H and O–H groups in total. The molecule has 154 valence electrons. The van der Waals surface area contributed by atoms with Crippen LogP contribution in [0.2, 0.25) is 5.02 Å². The van der Waals surface area contributed by atoms with Crippen LogP contribution >= 0.6 is 23.4 Å². The normalized spacial score (nSPS) is 16.9. The maximum Gasteiger partial charge on any atom is 0.298 e. The summed E-state index contributed by atoms with van der Waals surface area (Å²) in [5.41, 5.74) is 1.72. The van der Waals surface area contributed by atoms with Crippen molar-refractivity contribution in [2.45, 2.75) is 29.9 Å². The van der Waals surface area contributed by atoms with Crippen molar-refractivity contribution in [1.82, 2.24) is 9.88 Å². The molecule has 0 bridgehead atoms. The molecule has 7 heteroatoms. The largest absolute Gasteiger partial charge is 0.423 e. The van der Waals surface area contributed by atoms with Gasteiger partial charge in [0.05, 0.1) is 6.10 Å². The highest BCUT2D eigenvalue weighted by molar-refractivity contribution is 7.99. The molecule has 0 radical (unpaired) electrons. The lowest BCUT2D eigenvalue weighted by Gasteiger charge is -2.36. The van der Waals surface area contributed by atoms with Crippen molar-refractivity contribution in [3.8, 4) is 0 Å². The molecule has 1 unspecified atom stereocenters. The predicted octanol–water partition coefficient (Wildman–Crippen LogP) is 4.54. The zero-order chi connectivity index (χ0) is 20.2. The highest BCUT2D eigenvalue weighted by Crippen LogP contribution is 2.26. The van der Waals surface area contributed by atoms with Crippen LogP contribution in [-0.2, 0) is 0 Å². The van der Waals surface area contributed by atoms with Crippen molar-refractivity contribution in [1.29, 1.82) is 0 Å². The van der Waals surface area contributed by atoms with Crippen molar-refractivity contribution in [2.24, 2.45) is 0 Å². The van der Waals surface area contributed by atoms with E-state index in [0.717, 1.165) is 46.9 Å². The Kier molecular flexibility index (Phi) is 6.65. The molecule has 1 saturated heterocycles. The molecule has 1 aliphatic heterocycles. The van der Waals surface area contributed by atoms with E-state index >= 15 is 0 Å². The first kappa shape index (κ1) is 20.5. The summed E-state index contributed by atoms with van der Waals surface area (Å²) in [6.07, 6.45) is 1.72. The van der Waals surface area contributed by atoms with Gasteiger partial charge in [-0.3, -0.25) is 0 Å². The van der Waals surface area contributed by atoms with Gasteiger partial charge in [-0.05, 0) is 49.2 Å². The fourth-order valence-electron chi connectivity index (χ4n) is 3.73. The molecule has 1 fully saturated rings. The lowest BCUT2D eigenvalue weighted by molar-refractivity contribution is 0.111. The summed E-state index contributed by atoms with van der Waals surface area (Å²) in [7, 11) is 2.06. The van der Waals surface area contributed by atoms with Crippen LogP contribution in [0.3, 0.4) is 0 Å². The van der Waals surface area contributed by atoms with E-state index in [1.807, 2.05) is 48.5 Å². The SMILES string of the molecule is CN(c1nc2ccccc2o1)C1CCN(CC(O)CSc2ccc(Cl)cc2)CC1. The fourth-order valence-corrected chi connectivity index (χ4v) is 4.68. The lowest BCUT2D eigenvalue weighted by Crippen LogP contribution is -2.46. The molecule has 0 aliphatic carbocycles. The number of aliphatic hydroxyl groups is 1. The number of likely N-dealkylation sites (tertiary alicyclic amines) is 1. The van der Waals surface area contributed by atoms with Gasteiger partial charge >= 0.3 is 0 Å². The van der Waals surface area contributed by atoms with Crippen LogP contribution in [0.5, 0.6) is 0 Å². The number of oxazole rings is 1. The maximum absolute atomic E-state index is 10.4. The van der Waals surface area contributed by atoms with Gasteiger partial charge < -0.3 is 19.3 Å². The average Bonchev–Trinajstić information content (AvgIpc) is 3.18. The zero-order valence-electron chi connectivity index (χ0n) is 16.5. The van der Waals surface area contributed by atoms with Crippen LogP contribution in [0.15, 0.2) is 57.8 Å². The predicted molar refractivity (Wildman–Crippen MR) is 120 cm³/mol. The third kappa shape index (κ3) is 5.25. The standard InChI is InChI=1S/C22H26ClN3O2S/c1-25(22-24-20-4-2-3-5-21(20)28-22)17-10-12-26(13-11-17)14-18(27)15-29-19-8-6-16(23)7-9-19/h2-9,17-18,27H,10-15H2,1H3. The van der Waals surface area contributed by atoms with Crippen LogP contribution in [0.1, 0.15) is 12.8 Å². The first-order chi connectivity index (χ1) is 14.1. The summed E-state index contributed by atoms with van der Waals surface area (Å²) < 4.78 is 5.91. The molecule has 4 rings (SSSR count). The Balaban J connectivity index is 1.23.